The van der Waals surface area contributed by atoms with E-state index in [9.17, 15) is 10.2 Å². The highest BCUT2D eigenvalue weighted by Gasteiger charge is 2.70. The topological polar surface area (TPSA) is 79.0 Å². The molecule has 1 saturated carbocycles. The van der Waals surface area contributed by atoms with Crippen molar-refractivity contribution in [1.82, 2.24) is 9.88 Å². The lowest BCUT2D eigenvalue weighted by Crippen LogP contribution is -2.63. The van der Waals surface area contributed by atoms with Crippen LogP contribution in [0.15, 0.2) is 58.4 Å². The Balaban J connectivity index is 1.37. The van der Waals surface area contributed by atoms with Gasteiger partial charge in [0, 0.05) is 17.4 Å². The van der Waals surface area contributed by atoms with Gasteiger partial charge in [-0.2, -0.15) is 0 Å². The summed E-state index contributed by atoms with van der Waals surface area (Å²) in [4.78, 5) is 6.33. The van der Waals surface area contributed by atoms with Gasteiger partial charge in [-0.25, -0.2) is 4.98 Å². The molecule has 7 atom stereocenters. The second-order valence-electron chi connectivity index (χ2n) is 12.7. The van der Waals surface area contributed by atoms with Crippen LogP contribution >= 0.6 is 0 Å². The molecular formula is C30H36N2O4. The molecule has 190 valence electrons. The number of fused-ring (bicyclic) bond motifs is 2. The normalized spacial score (nSPS) is 42.5. The van der Waals surface area contributed by atoms with E-state index in [0.29, 0.717) is 6.42 Å². The summed E-state index contributed by atoms with van der Waals surface area (Å²) in [5.41, 5.74) is 5.09. The van der Waals surface area contributed by atoms with Crippen molar-refractivity contribution in [3.8, 4) is 0 Å². The van der Waals surface area contributed by atoms with Crippen LogP contribution < -0.4 is 0 Å². The van der Waals surface area contributed by atoms with Gasteiger partial charge in [0.2, 0.25) is 0 Å². The highest BCUT2D eigenvalue weighted by molar-refractivity contribution is 5.82. The summed E-state index contributed by atoms with van der Waals surface area (Å²) in [7, 11) is 3.95. The molecule has 3 heterocycles. The van der Waals surface area contributed by atoms with E-state index in [1.165, 1.54) is 23.1 Å². The smallest absolute Gasteiger partial charge is 0.181 e. The number of allylic oxidation sites excluding steroid dienone is 3. The van der Waals surface area contributed by atoms with Crippen LogP contribution in [0.4, 0.5) is 0 Å². The first-order valence-corrected chi connectivity index (χ1v) is 13.2. The Morgan fingerprint density at radius 1 is 1.11 bits per heavy atom. The maximum Gasteiger partial charge on any atom is 0.181 e. The summed E-state index contributed by atoms with van der Waals surface area (Å²) in [6.45, 7) is 7.07. The third-order valence-electron chi connectivity index (χ3n) is 10.7. The number of oxazole rings is 1. The van der Waals surface area contributed by atoms with Gasteiger partial charge < -0.3 is 24.3 Å². The van der Waals surface area contributed by atoms with Gasteiger partial charge in [-0.3, -0.25) is 0 Å². The highest BCUT2D eigenvalue weighted by Crippen LogP contribution is 2.71. The van der Waals surface area contributed by atoms with Gasteiger partial charge in [0.1, 0.15) is 11.6 Å². The minimum atomic E-state index is -0.912. The van der Waals surface area contributed by atoms with Crippen LogP contribution in [0.1, 0.15) is 52.0 Å². The monoisotopic (exact) mass is 488 g/mol. The molecule has 1 saturated heterocycles. The Morgan fingerprint density at radius 3 is 2.69 bits per heavy atom. The van der Waals surface area contributed by atoms with Gasteiger partial charge in [-0.1, -0.05) is 45.1 Å². The Labute approximate surface area is 212 Å². The summed E-state index contributed by atoms with van der Waals surface area (Å²) >= 11 is 0. The molecule has 2 N–H and O–H groups in total. The Hall–Kier alpha value is -2.25. The zero-order valence-electron chi connectivity index (χ0n) is 21.8. The van der Waals surface area contributed by atoms with Crippen molar-refractivity contribution in [2.45, 2.75) is 75.9 Å². The molecule has 5 aliphatic rings. The summed E-state index contributed by atoms with van der Waals surface area (Å²) in [6, 6.07) is 6.21. The largest absolute Gasteiger partial charge is 0.443 e. The van der Waals surface area contributed by atoms with Gasteiger partial charge in [0.05, 0.1) is 17.3 Å². The van der Waals surface area contributed by atoms with Crippen LogP contribution in [-0.2, 0) is 4.74 Å². The van der Waals surface area contributed by atoms with E-state index in [0.717, 1.165) is 35.9 Å². The summed E-state index contributed by atoms with van der Waals surface area (Å²) < 4.78 is 12.9. The average Bonchev–Trinajstić information content (AvgIpc) is 3.52. The van der Waals surface area contributed by atoms with Crippen molar-refractivity contribution in [2.75, 3.05) is 14.1 Å². The fraction of sp³-hybridized carbons (Fsp3) is 0.567. The minimum Gasteiger partial charge on any atom is -0.443 e. The molecule has 6 heteroatoms. The third kappa shape index (κ3) is 2.59. The number of hydrogen-bond donors (Lipinski definition) is 2. The first-order chi connectivity index (χ1) is 17.0. The number of benzene rings is 1. The van der Waals surface area contributed by atoms with E-state index in [4.69, 9.17) is 9.15 Å². The summed E-state index contributed by atoms with van der Waals surface area (Å²) in [6.07, 6.45) is 10.3. The molecule has 3 aliphatic carbocycles. The first kappa shape index (κ1) is 22.9. The number of hydrogen-bond acceptors (Lipinski definition) is 6. The maximum atomic E-state index is 11.2. The SMILES string of the molecule is CN(C)C1C[C@@]23CC[C@@]4(O2)C(=CC(C)(C)[C@]2(C)C(c5ccc6ncoc6c5)=CCC42)C=C3[C@@H](O)[C@@H]1O. The summed E-state index contributed by atoms with van der Waals surface area (Å²) in [5, 5.41) is 22.2. The second kappa shape index (κ2) is 6.98. The zero-order valence-corrected chi connectivity index (χ0v) is 21.8. The quantitative estimate of drug-likeness (QED) is 0.649. The van der Waals surface area contributed by atoms with Crippen molar-refractivity contribution in [2.24, 2.45) is 16.7 Å². The molecule has 1 aromatic heterocycles. The fourth-order valence-corrected chi connectivity index (χ4v) is 8.54. The van der Waals surface area contributed by atoms with Gasteiger partial charge >= 0.3 is 0 Å². The second-order valence-corrected chi connectivity index (χ2v) is 12.7. The Bertz CT molecular complexity index is 1370. The van der Waals surface area contributed by atoms with Crippen LogP contribution in [0.2, 0.25) is 0 Å². The number of likely N-dealkylation sites (N-methyl/N-ethyl adjacent to an activating group) is 1. The Morgan fingerprint density at radius 2 is 1.92 bits per heavy atom. The zero-order chi connectivity index (χ0) is 25.3. The molecule has 7 rings (SSSR count). The number of aromatic nitrogens is 1. The van der Waals surface area contributed by atoms with Gasteiger partial charge in [-0.15, -0.1) is 0 Å². The molecule has 0 amide bonds. The van der Waals surface area contributed by atoms with E-state index in [-0.39, 0.29) is 28.4 Å². The lowest BCUT2D eigenvalue weighted by molar-refractivity contribution is -0.170. The average molecular weight is 489 g/mol. The van der Waals surface area contributed by atoms with Crippen molar-refractivity contribution < 1.29 is 19.4 Å². The van der Waals surface area contributed by atoms with Gasteiger partial charge in [-0.05, 0) is 79.6 Å². The molecule has 0 radical (unpaired) electrons. The lowest BCUT2D eigenvalue weighted by atomic mass is 9.49. The van der Waals surface area contributed by atoms with Crippen molar-refractivity contribution >= 4 is 16.7 Å². The van der Waals surface area contributed by atoms with Crippen LogP contribution in [-0.4, -0.2) is 63.6 Å². The van der Waals surface area contributed by atoms with Crippen LogP contribution in [0.5, 0.6) is 0 Å². The van der Waals surface area contributed by atoms with E-state index >= 15 is 0 Å². The van der Waals surface area contributed by atoms with E-state index in [2.05, 4.69) is 56.1 Å². The predicted octanol–water partition coefficient (Wildman–Crippen LogP) is 4.49. The lowest BCUT2D eigenvalue weighted by Gasteiger charge is -2.60. The molecular weight excluding hydrogens is 452 g/mol. The van der Waals surface area contributed by atoms with Crippen molar-refractivity contribution in [1.29, 1.82) is 0 Å². The molecule has 1 aromatic carbocycles. The molecule has 2 spiro atoms. The van der Waals surface area contributed by atoms with Crippen LogP contribution in [0, 0.1) is 16.7 Å². The number of nitrogens with zero attached hydrogens (tertiary/aromatic N) is 2. The van der Waals surface area contributed by atoms with Gasteiger partial charge in [0.25, 0.3) is 0 Å². The first-order valence-electron chi connectivity index (χ1n) is 13.2. The number of rotatable bonds is 2. The van der Waals surface area contributed by atoms with E-state index in [1.807, 2.05) is 25.1 Å². The fourth-order valence-electron chi connectivity index (χ4n) is 8.54. The van der Waals surface area contributed by atoms with Gasteiger partial charge in [0.15, 0.2) is 12.0 Å². The molecule has 2 bridgehead atoms. The van der Waals surface area contributed by atoms with Crippen LogP contribution in [0.25, 0.3) is 16.7 Å². The molecule has 2 aliphatic heterocycles. The van der Waals surface area contributed by atoms with Crippen molar-refractivity contribution in [3.63, 3.8) is 0 Å². The highest BCUT2D eigenvalue weighted by atomic mass is 16.5. The van der Waals surface area contributed by atoms with E-state index in [1.54, 1.807) is 0 Å². The Kier molecular flexibility index (Phi) is 4.45. The minimum absolute atomic E-state index is 0.143. The molecule has 36 heavy (non-hydrogen) atoms. The maximum absolute atomic E-state index is 11.2. The third-order valence-corrected chi connectivity index (χ3v) is 10.7. The van der Waals surface area contributed by atoms with Crippen molar-refractivity contribution in [3.05, 3.63) is 59.5 Å². The number of aliphatic hydroxyl groups is 2. The predicted molar refractivity (Wildman–Crippen MR) is 138 cm³/mol. The standard InChI is InChI=1S/C30H36N2O4/c1-27(2)14-18-13-20-25(33)26(34)22(32(4)5)15-29(20)10-11-30(18,36-29)24-9-7-19(28(24,27)3)17-6-8-21-23(12-17)35-16-31-21/h6-8,12-14,16,22,24-26,33-34H,9-11,15H2,1-5H3/t22?,24?,25-,26-,28-,29-,30-/m1/s1. The summed E-state index contributed by atoms with van der Waals surface area (Å²) in [5.74, 6) is 0.277. The number of ether oxygens (including phenoxy) is 1. The van der Waals surface area contributed by atoms with E-state index < -0.39 is 17.8 Å². The van der Waals surface area contributed by atoms with Crippen LogP contribution in [0.3, 0.4) is 0 Å². The molecule has 6 nitrogen and oxygen atoms in total. The molecule has 2 unspecified atom stereocenters. The molecule has 2 fully saturated rings. The molecule has 2 aromatic rings. The number of aliphatic hydroxyl groups excluding tert-OH is 2.